The summed E-state index contributed by atoms with van der Waals surface area (Å²) in [4.78, 5) is 34.6. The first kappa shape index (κ1) is 15.4. The largest absolute Gasteiger partial charge is 0.326 e. The van der Waals surface area contributed by atoms with Gasteiger partial charge in [-0.2, -0.15) is 0 Å². The Bertz CT molecular complexity index is 738. The molecule has 112 valence electrons. The first-order valence-corrected chi connectivity index (χ1v) is 6.76. The van der Waals surface area contributed by atoms with Crippen LogP contribution in [0.2, 0.25) is 0 Å². The molecule has 5 heteroatoms. The Morgan fingerprint density at radius 2 is 1.36 bits per heavy atom. The second kappa shape index (κ2) is 6.67. The average Bonchev–Trinajstić information content (AvgIpc) is 2.47. The van der Waals surface area contributed by atoms with Crippen LogP contribution in [0.25, 0.3) is 0 Å². The van der Waals surface area contributed by atoms with Crippen LogP contribution in [0.3, 0.4) is 0 Å². The Labute approximate surface area is 128 Å². The number of benzene rings is 2. The van der Waals surface area contributed by atoms with E-state index in [4.69, 9.17) is 0 Å². The Balaban J connectivity index is 2.16. The molecule has 0 spiro atoms. The van der Waals surface area contributed by atoms with Gasteiger partial charge in [0.2, 0.25) is 5.91 Å². The molecule has 0 radical (unpaired) electrons. The lowest BCUT2D eigenvalue weighted by Crippen LogP contribution is -2.13. The van der Waals surface area contributed by atoms with Crippen molar-refractivity contribution >= 4 is 29.0 Å². The molecular formula is C17H16N2O3. The molecule has 0 saturated carbocycles. The van der Waals surface area contributed by atoms with Crippen molar-refractivity contribution in [3.8, 4) is 0 Å². The number of Topliss-reactive ketones (excluding diaryl/α,β-unsaturated/α-hetero) is 1. The van der Waals surface area contributed by atoms with E-state index in [9.17, 15) is 14.4 Å². The lowest BCUT2D eigenvalue weighted by Gasteiger charge is -2.08. The van der Waals surface area contributed by atoms with E-state index in [1.807, 2.05) is 0 Å². The molecule has 0 fully saturated rings. The van der Waals surface area contributed by atoms with E-state index in [1.165, 1.54) is 13.8 Å². The maximum Gasteiger partial charge on any atom is 0.255 e. The predicted molar refractivity (Wildman–Crippen MR) is 85.1 cm³/mol. The molecule has 0 aromatic heterocycles. The van der Waals surface area contributed by atoms with Gasteiger partial charge in [-0.15, -0.1) is 0 Å². The van der Waals surface area contributed by atoms with E-state index >= 15 is 0 Å². The minimum atomic E-state index is -0.317. The van der Waals surface area contributed by atoms with Crippen LogP contribution >= 0.6 is 0 Å². The predicted octanol–water partition coefficient (Wildman–Crippen LogP) is 3.10. The van der Waals surface area contributed by atoms with Gasteiger partial charge in [0.15, 0.2) is 5.78 Å². The lowest BCUT2D eigenvalue weighted by molar-refractivity contribution is -0.114. The maximum atomic E-state index is 12.2. The summed E-state index contributed by atoms with van der Waals surface area (Å²) >= 11 is 0. The van der Waals surface area contributed by atoms with Crippen LogP contribution < -0.4 is 10.6 Å². The van der Waals surface area contributed by atoms with Gasteiger partial charge in [0.1, 0.15) is 0 Å². The molecule has 0 atom stereocenters. The molecule has 0 heterocycles. The average molecular weight is 296 g/mol. The second-order valence-corrected chi connectivity index (χ2v) is 4.85. The SMILES string of the molecule is CC(=O)Nc1cccc(NC(=O)c2cccc(C(C)=O)c2)c1. The second-order valence-electron chi connectivity index (χ2n) is 4.85. The smallest absolute Gasteiger partial charge is 0.255 e. The molecule has 0 aliphatic heterocycles. The Kier molecular flexibility index (Phi) is 4.68. The normalized spacial score (nSPS) is 9.91. The highest BCUT2D eigenvalue weighted by Gasteiger charge is 2.09. The van der Waals surface area contributed by atoms with Gasteiger partial charge in [-0.3, -0.25) is 14.4 Å². The molecular weight excluding hydrogens is 280 g/mol. The zero-order valence-corrected chi connectivity index (χ0v) is 12.3. The van der Waals surface area contributed by atoms with Crippen molar-refractivity contribution in [3.05, 3.63) is 59.7 Å². The molecule has 5 nitrogen and oxygen atoms in total. The van der Waals surface area contributed by atoms with E-state index in [0.29, 0.717) is 22.5 Å². The van der Waals surface area contributed by atoms with Crippen molar-refractivity contribution in [1.82, 2.24) is 0 Å². The third-order valence-electron chi connectivity index (χ3n) is 2.97. The van der Waals surface area contributed by atoms with Crippen LogP contribution in [0.5, 0.6) is 0 Å². The van der Waals surface area contributed by atoms with Crippen molar-refractivity contribution < 1.29 is 14.4 Å². The van der Waals surface area contributed by atoms with Crippen molar-refractivity contribution in [2.45, 2.75) is 13.8 Å². The van der Waals surface area contributed by atoms with Gasteiger partial charge in [0.25, 0.3) is 5.91 Å². The van der Waals surface area contributed by atoms with Crippen molar-refractivity contribution in [1.29, 1.82) is 0 Å². The van der Waals surface area contributed by atoms with Gasteiger partial charge in [-0.1, -0.05) is 18.2 Å². The monoisotopic (exact) mass is 296 g/mol. The summed E-state index contributed by atoms with van der Waals surface area (Å²) in [6, 6.07) is 13.4. The standard InChI is InChI=1S/C17H16N2O3/c1-11(20)13-5-3-6-14(9-13)17(22)19-16-8-4-7-15(10-16)18-12(2)21/h3-10H,1-2H3,(H,18,21)(H,19,22). The molecule has 2 aromatic rings. The summed E-state index contributed by atoms with van der Waals surface area (Å²) in [5, 5.41) is 5.38. The van der Waals surface area contributed by atoms with Crippen LogP contribution in [0, 0.1) is 0 Å². The lowest BCUT2D eigenvalue weighted by atomic mass is 10.1. The van der Waals surface area contributed by atoms with E-state index in [1.54, 1.807) is 48.5 Å². The van der Waals surface area contributed by atoms with Crippen LogP contribution in [-0.2, 0) is 4.79 Å². The Hall–Kier alpha value is -2.95. The highest BCUT2D eigenvalue weighted by atomic mass is 16.2. The van der Waals surface area contributed by atoms with E-state index in [0.717, 1.165) is 0 Å². The molecule has 2 rings (SSSR count). The molecule has 2 amide bonds. The Morgan fingerprint density at radius 1 is 0.773 bits per heavy atom. The molecule has 2 N–H and O–H groups in total. The zero-order valence-electron chi connectivity index (χ0n) is 12.3. The minimum Gasteiger partial charge on any atom is -0.326 e. The molecule has 2 aromatic carbocycles. The number of ketones is 1. The van der Waals surface area contributed by atoms with Gasteiger partial charge in [-0.25, -0.2) is 0 Å². The van der Waals surface area contributed by atoms with Gasteiger partial charge in [0, 0.05) is 29.4 Å². The van der Waals surface area contributed by atoms with Crippen LogP contribution in [-0.4, -0.2) is 17.6 Å². The summed E-state index contributed by atoms with van der Waals surface area (Å²) in [6.45, 7) is 2.87. The summed E-state index contributed by atoms with van der Waals surface area (Å²) in [6.07, 6.45) is 0. The number of carbonyl (C=O) groups is 3. The van der Waals surface area contributed by atoms with Crippen LogP contribution in [0.15, 0.2) is 48.5 Å². The molecule has 0 bridgehead atoms. The topological polar surface area (TPSA) is 75.3 Å². The molecule has 0 aliphatic rings. The summed E-state index contributed by atoms with van der Waals surface area (Å²) in [5.74, 6) is -0.594. The molecule has 22 heavy (non-hydrogen) atoms. The molecule has 0 aliphatic carbocycles. The maximum absolute atomic E-state index is 12.2. The fourth-order valence-corrected chi connectivity index (χ4v) is 1.96. The highest BCUT2D eigenvalue weighted by molar-refractivity contribution is 6.06. The Morgan fingerprint density at radius 3 is 2.00 bits per heavy atom. The van der Waals surface area contributed by atoms with Gasteiger partial charge < -0.3 is 10.6 Å². The first-order valence-electron chi connectivity index (χ1n) is 6.76. The number of hydrogen-bond acceptors (Lipinski definition) is 3. The number of amides is 2. The van der Waals surface area contributed by atoms with E-state index in [2.05, 4.69) is 10.6 Å². The first-order chi connectivity index (χ1) is 10.5. The number of rotatable bonds is 4. The fourth-order valence-electron chi connectivity index (χ4n) is 1.96. The van der Waals surface area contributed by atoms with Crippen molar-refractivity contribution in [2.75, 3.05) is 10.6 Å². The van der Waals surface area contributed by atoms with Gasteiger partial charge >= 0.3 is 0 Å². The van der Waals surface area contributed by atoms with Gasteiger partial charge in [0.05, 0.1) is 0 Å². The fraction of sp³-hybridized carbons (Fsp3) is 0.118. The van der Waals surface area contributed by atoms with Crippen molar-refractivity contribution in [3.63, 3.8) is 0 Å². The van der Waals surface area contributed by atoms with Gasteiger partial charge in [-0.05, 0) is 37.3 Å². The zero-order chi connectivity index (χ0) is 16.1. The molecule has 0 unspecified atom stereocenters. The van der Waals surface area contributed by atoms with Crippen molar-refractivity contribution in [2.24, 2.45) is 0 Å². The highest BCUT2D eigenvalue weighted by Crippen LogP contribution is 2.16. The number of hydrogen-bond donors (Lipinski definition) is 2. The van der Waals surface area contributed by atoms with E-state index < -0.39 is 0 Å². The quantitative estimate of drug-likeness (QED) is 0.851. The number of anilines is 2. The third-order valence-corrected chi connectivity index (χ3v) is 2.97. The minimum absolute atomic E-state index is 0.0951. The number of nitrogens with one attached hydrogen (secondary N) is 2. The van der Waals surface area contributed by atoms with E-state index in [-0.39, 0.29) is 17.6 Å². The third kappa shape index (κ3) is 4.02. The van der Waals surface area contributed by atoms with Crippen LogP contribution in [0.4, 0.5) is 11.4 Å². The summed E-state index contributed by atoms with van der Waals surface area (Å²) in [5.41, 5.74) is 2.05. The summed E-state index contributed by atoms with van der Waals surface area (Å²) < 4.78 is 0. The number of carbonyl (C=O) groups excluding carboxylic acids is 3. The summed E-state index contributed by atoms with van der Waals surface area (Å²) in [7, 11) is 0. The molecule has 0 saturated heterocycles. The van der Waals surface area contributed by atoms with Crippen LogP contribution in [0.1, 0.15) is 34.6 Å².